The van der Waals surface area contributed by atoms with Gasteiger partial charge in [0.1, 0.15) is 28.1 Å². The summed E-state index contributed by atoms with van der Waals surface area (Å²) >= 11 is 0. The molecule has 0 aliphatic carbocycles. The van der Waals surface area contributed by atoms with E-state index in [2.05, 4.69) is 4.74 Å². The fourth-order valence-electron chi connectivity index (χ4n) is 3.48. The van der Waals surface area contributed by atoms with Crippen molar-refractivity contribution in [3.05, 3.63) is 53.6 Å². The largest absolute Gasteiger partial charge is 0.573 e. The lowest BCUT2D eigenvalue weighted by Gasteiger charge is -2.14. The zero-order valence-electron chi connectivity index (χ0n) is 19.6. The molecule has 2 N–H and O–H groups in total. The van der Waals surface area contributed by atoms with Gasteiger partial charge < -0.3 is 14.6 Å². The van der Waals surface area contributed by atoms with E-state index in [9.17, 15) is 31.2 Å². The summed E-state index contributed by atoms with van der Waals surface area (Å²) in [6, 6.07) is 8.27. The molecule has 2 aromatic carbocycles. The number of ketones is 1. The van der Waals surface area contributed by atoms with Crippen LogP contribution in [-0.4, -0.2) is 43.3 Å². The number of hydrogen-bond acceptors (Lipinski definition) is 7. The Kier molecular flexibility index (Phi) is 9.62. The summed E-state index contributed by atoms with van der Waals surface area (Å²) in [5.41, 5.74) is 0.325. The average Bonchev–Trinajstić information content (AvgIpc) is 2.78. The third kappa shape index (κ3) is 7.54. The summed E-state index contributed by atoms with van der Waals surface area (Å²) < 4.78 is 73.1. The first-order chi connectivity index (χ1) is 16.8. The molecule has 1 atom stereocenters. The number of alkyl halides is 3. The van der Waals surface area contributed by atoms with Gasteiger partial charge >= 0.3 is 12.3 Å². The van der Waals surface area contributed by atoms with E-state index in [-0.39, 0.29) is 41.4 Å². The van der Waals surface area contributed by atoms with Crippen LogP contribution in [-0.2, 0) is 25.8 Å². The van der Waals surface area contributed by atoms with Crippen molar-refractivity contribution in [2.75, 3.05) is 6.61 Å². The molecule has 0 heterocycles. The molecule has 0 aliphatic rings. The van der Waals surface area contributed by atoms with E-state index in [1.54, 1.807) is 13.8 Å². The van der Waals surface area contributed by atoms with E-state index in [1.807, 2.05) is 0 Å². The molecule has 0 aromatic heterocycles. The lowest BCUT2D eigenvalue weighted by atomic mass is 9.96. The number of carbonyl (C=O) groups excluding carboxylic acids is 1. The Hall–Kier alpha value is -3.41. The Bertz CT molecular complexity index is 1230. The normalized spacial score (nSPS) is 12.6. The highest BCUT2D eigenvalue weighted by Crippen LogP contribution is 2.30. The van der Waals surface area contributed by atoms with E-state index < -0.39 is 38.9 Å². The third-order valence-corrected chi connectivity index (χ3v) is 6.87. The number of carbonyl (C=O) groups is 2. The Morgan fingerprint density at radius 3 is 2.39 bits per heavy atom. The van der Waals surface area contributed by atoms with Crippen LogP contribution in [0.1, 0.15) is 44.2 Å². The molecule has 36 heavy (non-hydrogen) atoms. The van der Waals surface area contributed by atoms with Crippen molar-refractivity contribution in [3.8, 4) is 11.5 Å². The number of halogens is 3. The monoisotopic (exact) mass is 529 g/mol. The quantitative estimate of drug-likeness (QED) is 0.230. The summed E-state index contributed by atoms with van der Waals surface area (Å²) in [7, 11) is -4.48. The highest BCUT2D eigenvalue weighted by molar-refractivity contribution is 8.06. The first-order valence-corrected chi connectivity index (χ1v) is 12.5. The Morgan fingerprint density at radius 2 is 1.81 bits per heavy atom. The maximum atomic E-state index is 13.1. The lowest BCUT2D eigenvalue weighted by molar-refractivity contribution is -0.274. The van der Waals surface area contributed by atoms with Crippen LogP contribution in [0.3, 0.4) is 0 Å². The maximum Gasteiger partial charge on any atom is 0.573 e. The minimum absolute atomic E-state index is 0.0375. The molecule has 0 amide bonds. The second-order valence-electron chi connectivity index (χ2n) is 7.74. The van der Waals surface area contributed by atoms with Crippen molar-refractivity contribution in [2.24, 2.45) is 5.92 Å². The van der Waals surface area contributed by atoms with Gasteiger partial charge in [-0.05, 0) is 56.0 Å². The number of aryl methyl sites for hydroxylation is 1. The second-order valence-corrected chi connectivity index (χ2v) is 9.60. The second kappa shape index (κ2) is 12.0. The maximum absolute atomic E-state index is 13.1. The fourth-order valence-corrected chi connectivity index (χ4v) is 4.77. The molecule has 2 rings (SSSR count). The van der Waals surface area contributed by atoms with Crippen LogP contribution in [0, 0.1) is 11.3 Å². The van der Waals surface area contributed by atoms with Crippen LogP contribution in [0.25, 0.3) is 0 Å². The van der Waals surface area contributed by atoms with Crippen LogP contribution in [0.5, 0.6) is 11.5 Å². The number of hydrogen-bond donors (Lipinski definition) is 2. The van der Waals surface area contributed by atoms with Gasteiger partial charge in [-0.15, -0.1) is 13.2 Å². The smallest absolute Gasteiger partial charge is 0.492 e. The molecule has 0 fully saturated rings. The van der Waals surface area contributed by atoms with Crippen molar-refractivity contribution in [3.63, 3.8) is 0 Å². The van der Waals surface area contributed by atoms with Crippen molar-refractivity contribution in [1.29, 1.82) is 5.41 Å². The molecule has 1 unspecified atom stereocenters. The number of nitrogens with one attached hydrogen (secondary N) is 1. The van der Waals surface area contributed by atoms with Crippen LogP contribution in [0.2, 0.25) is 0 Å². The Labute approximate surface area is 206 Å². The van der Waals surface area contributed by atoms with Crippen molar-refractivity contribution < 1.29 is 45.8 Å². The highest BCUT2D eigenvalue weighted by atomic mass is 32.2. The summed E-state index contributed by atoms with van der Waals surface area (Å²) in [4.78, 5) is 22.9. The third-order valence-electron chi connectivity index (χ3n) is 5.18. The van der Waals surface area contributed by atoms with Gasteiger partial charge in [0.15, 0.2) is 5.04 Å². The van der Waals surface area contributed by atoms with E-state index >= 15 is 0 Å². The molecule has 12 heteroatoms. The van der Waals surface area contributed by atoms with Gasteiger partial charge in [0.05, 0.1) is 6.61 Å². The van der Waals surface area contributed by atoms with Crippen LogP contribution < -0.4 is 9.47 Å². The molecule has 196 valence electrons. The van der Waals surface area contributed by atoms with E-state index in [4.69, 9.17) is 15.3 Å². The van der Waals surface area contributed by atoms with Crippen molar-refractivity contribution in [1.82, 2.24) is 0 Å². The molecule has 0 aliphatic heterocycles. The predicted octanol–water partition coefficient (Wildman–Crippen LogP) is 4.79. The van der Waals surface area contributed by atoms with Gasteiger partial charge in [0, 0.05) is 12.0 Å². The number of benzene rings is 2. The highest BCUT2D eigenvalue weighted by Gasteiger charge is 2.32. The number of sulfone groups is 1. The number of aliphatic carboxylic acids is 1. The van der Waals surface area contributed by atoms with Gasteiger partial charge in [-0.2, -0.15) is 0 Å². The molecular weight excluding hydrogens is 503 g/mol. The van der Waals surface area contributed by atoms with Gasteiger partial charge in [-0.1, -0.05) is 25.1 Å². The predicted molar refractivity (Wildman–Crippen MR) is 124 cm³/mol. The molecule has 2 aromatic rings. The standard InChI is InChI=1S/C24H26F3NO7S/c1-3-18(23(30)31)19(29)10-5-7-15-11-12-21(20(13-15)34-4-2)36(32,33)22(28)16-8-6-9-17(14-16)35-24(25,26)27/h6,8-9,11-14,18,28H,3-5,7,10H2,1-2H3,(H,30,31). The van der Waals surface area contributed by atoms with Crippen molar-refractivity contribution >= 4 is 26.6 Å². The molecular formula is C24H26F3NO7S. The van der Waals surface area contributed by atoms with E-state index in [1.165, 1.54) is 24.3 Å². The Morgan fingerprint density at radius 1 is 1.11 bits per heavy atom. The van der Waals surface area contributed by atoms with E-state index in [0.717, 1.165) is 18.2 Å². The van der Waals surface area contributed by atoms with Crippen LogP contribution >= 0.6 is 0 Å². The van der Waals surface area contributed by atoms with Gasteiger partial charge in [0.25, 0.3) is 0 Å². The zero-order valence-corrected chi connectivity index (χ0v) is 20.4. The summed E-state index contributed by atoms with van der Waals surface area (Å²) in [5, 5.41) is 16.3. The minimum Gasteiger partial charge on any atom is -0.492 e. The van der Waals surface area contributed by atoms with E-state index in [0.29, 0.717) is 18.4 Å². The number of ether oxygens (including phenoxy) is 2. The van der Waals surface area contributed by atoms with Crippen molar-refractivity contribution in [2.45, 2.75) is 50.8 Å². The van der Waals surface area contributed by atoms with Crippen LogP contribution in [0.4, 0.5) is 13.2 Å². The van der Waals surface area contributed by atoms with Gasteiger partial charge in [-0.25, -0.2) is 8.42 Å². The first kappa shape index (κ1) is 28.8. The van der Waals surface area contributed by atoms with Gasteiger partial charge in [0.2, 0.25) is 9.84 Å². The number of carboxylic acids is 1. The number of carboxylic acid groups (broad SMARTS) is 1. The summed E-state index contributed by atoms with van der Waals surface area (Å²) in [6.45, 7) is 3.34. The lowest BCUT2D eigenvalue weighted by Crippen LogP contribution is -2.22. The fraction of sp³-hybridized carbons (Fsp3) is 0.375. The Balaban J connectivity index is 2.26. The molecule has 0 radical (unpaired) electrons. The summed E-state index contributed by atoms with van der Waals surface area (Å²) in [6.07, 6.45) is -4.08. The number of rotatable bonds is 12. The molecule has 0 spiro atoms. The topological polar surface area (TPSA) is 131 Å². The number of Topliss-reactive ketones (excluding diaryl/α,β-unsaturated/α-hetero) is 1. The minimum atomic E-state index is -4.98. The summed E-state index contributed by atoms with van der Waals surface area (Å²) in [5.74, 6) is -3.34. The average molecular weight is 530 g/mol. The molecule has 0 saturated carbocycles. The molecule has 0 bridgehead atoms. The molecule has 0 saturated heterocycles. The van der Waals surface area contributed by atoms with Gasteiger partial charge in [-0.3, -0.25) is 15.0 Å². The SMILES string of the molecule is CCOc1cc(CCCC(=O)C(CC)C(=O)O)ccc1S(=O)(=O)C(=N)c1cccc(OC(F)(F)F)c1. The zero-order chi connectivity index (χ0) is 27.1. The first-order valence-electron chi connectivity index (χ1n) is 11.0. The molecule has 8 nitrogen and oxygen atoms in total. The van der Waals surface area contributed by atoms with Crippen LogP contribution in [0.15, 0.2) is 47.4 Å².